The number of methoxy groups -OCH3 is 1. The van der Waals surface area contributed by atoms with Crippen molar-refractivity contribution in [1.29, 1.82) is 0 Å². The van der Waals surface area contributed by atoms with E-state index in [4.69, 9.17) is 4.74 Å². The van der Waals surface area contributed by atoms with Gasteiger partial charge in [-0.05, 0) is 61.6 Å². The maximum atomic E-state index is 13.3. The largest absolute Gasteiger partial charge is 0.495 e. The van der Waals surface area contributed by atoms with Crippen LogP contribution in [0.4, 0.5) is 0 Å². The minimum absolute atomic E-state index is 0.304. The van der Waals surface area contributed by atoms with E-state index in [0.717, 1.165) is 36.4 Å². The third kappa shape index (κ3) is 2.99. The molecular formula is C22H33N2O3S+. The summed E-state index contributed by atoms with van der Waals surface area (Å²) in [5.74, 6) is 3.28. The van der Waals surface area contributed by atoms with Crippen molar-refractivity contribution in [2.75, 3.05) is 33.3 Å². The van der Waals surface area contributed by atoms with Crippen molar-refractivity contribution in [2.24, 2.45) is 17.8 Å². The van der Waals surface area contributed by atoms with Crippen molar-refractivity contribution in [3.05, 3.63) is 23.8 Å². The number of benzene rings is 1. The minimum Gasteiger partial charge on any atom is -0.495 e. The van der Waals surface area contributed by atoms with E-state index in [-0.39, 0.29) is 0 Å². The van der Waals surface area contributed by atoms with Crippen molar-refractivity contribution >= 4 is 10.0 Å². The fraction of sp³-hybridized carbons (Fsp3) is 0.727. The Morgan fingerprint density at radius 1 is 1.04 bits per heavy atom. The van der Waals surface area contributed by atoms with Crippen LogP contribution in [-0.4, -0.2) is 51.6 Å². The number of sulfonamides is 1. The van der Waals surface area contributed by atoms with Crippen LogP contribution >= 0.6 is 0 Å². The maximum Gasteiger partial charge on any atom is 0.247 e. The molecule has 5 nitrogen and oxygen atoms in total. The average Bonchev–Trinajstić information content (AvgIpc) is 2.66. The lowest BCUT2D eigenvalue weighted by Crippen LogP contribution is -3.23. The van der Waals surface area contributed by atoms with Gasteiger partial charge in [-0.1, -0.05) is 6.07 Å². The highest BCUT2D eigenvalue weighted by Gasteiger charge is 2.56. The topological polar surface area (TPSA) is 51.1 Å². The van der Waals surface area contributed by atoms with Crippen LogP contribution < -0.4 is 9.64 Å². The molecule has 1 saturated heterocycles. The van der Waals surface area contributed by atoms with Gasteiger partial charge in [-0.25, -0.2) is 8.42 Å². The van der Waals surface area contributed by atoms with Gasteiger partial charge < -0.3 is 9.64 Å². The van der Waals surface area contributed by atoms with Gasteiger partial charge in [0.15, 0.2) is 0 Å². The lowest BCUT2D eigenvalue weighted by atomic mass is 9.52. The molecule has 4 bridgehead atoms. The van der Waals surface area contributed by atoms with Crippen LogP contribution in [-0.2, 0) is 10.0 Å². The number of ether oxygens (including phenoxy) is 1. The smallest absolute Gasteiger partial charge is 0.247 e. The Morgan fingerprint density at radius 2 is 1.61 bits per heavy atom. The lowest BCUT2D eigenvalue weighted by Gasteiger charge is -2.59. The molecule has 154 valence electrons. The van der Waals surface area contributed by atoms with Crippen LogP contribution in [0.1, 0.15) is 44.1 Å². The fourth-order valence-electron chi connectivity index (χ4n) is 7.20. The number of aryl methyl sites for hydroxylation is 1. The number of nitrogens with one attached hydrogen (secondary N) is 1. The van der Waals surface area contributed by atoms with E-state index in [2.05, 4.69) is 0 Å². The zero-order valence-electron chi connectivity index (χ0n) is 17.1. The van der Waals surface area contributed by atoms with Gasteiger partial charge in [0.1, 0.15) is 10.6 Å². The summed E-state index contributed by atoms with van der Waals surface area (Å²) in [5, 5.41) is 0. The molecule has 5 aliphatic rings. The van der Waals surface area contributed by atoms with E-state index in [1.165, 1.54) is 38.5 Å². The molecule has 1 heterocycles. The summed E-state index contributed by atoms with van der Waals surface area (Å²) in [6.07, 6.45) is 8.52. The molecule has 0 atom stereocenters. The summed E-state index contributed by atoms with van der Waals surface area (Å²) < 4.78 is 33.6. The Labute approximate surface area is 169 Å². The quantitative estimate of drug-likeness (QED) is 0.832. The van der Waals surface area contributed by atoms with E-state index in [0.29, 0.717) is 29.3 Å². The second-order valence-electron chi connectivity index (χ2n) is 9.86. The van der Waals surface area contributed by atoms with Crippen molar-refractivity contribution in [1.82, 2.24) is 4.31 Å². The first kappa shape index (κ1) is 18.9. The molecule has 0 amide bonds. The number of quaternary nitrogens is 1. The molecule has 5 fully saturated rings. The Balaban J connectivity index is 1.32. The predicted octanol–water partition coefficient (Wildman–Crippen LogP) is 1.86. The van der Waals surface area contributed by atoms with Crippen LogP contribution in [0.2, 0.25) is 0 Å². The Morgan fingerprint density at radius 3 is 2.14 bits per heavy atom. The Kier molecular flexibility index (Phi) is 4.53. The summed E-state index contributed by atoms with van der Waals surface area (Å²) in [5.41, 5.74) is 1.46. The molecule has 4 saturated carbocycles. The monoisotopic (exact) mass is 405 g/mol. The number of rotatable bonds is 4. The highest BCUT2D eigenvalue weighted by molar-refractivity contribution is 7.89. The van der Waals surface area contributed by atoms with Gasteiger partial charge >= 0.3 is 0 Å². The van der Waals surface area contributed by atoms with Crippen molar-refractivity contribution < 1.29 is 18.1 Å². The highest BCUT2D eigenvalue weighted by atomic mass is 32.2. The summed E-state index contributed by atoms with van der Waals surface area (Å²) in [7, 11) is -1.96. The molecule has 6 heteroatoms. The molecule has 0 unspecified atom stereocenters. The summed E-state index contributed by atoms with van der Waals surface area (Å²) >= 11 is 0. The first-order valence-corrected chi connectivity index (χ1v) is 12.3. The van der Waals surface area contributed by atoms with Crippen LogP contribution in [0.15, 0.2) is 23.1 Å². The Hall–Kier alpha value is -1.11. The molecule has 6 rings (SSSR count). The second kappa shape index (κ2) is 6.71. The van der Waals surface area contributed by atoms with E-state index in [1.54, 1.807) is 22.4 Å². The first-order chi connectivity index (χ1) is 13.4. The molecular weight excluding hydrogens is 372 g/mol. The molecule has 4 aliphatic carbocycles. The van der Waals surface area contributed by atoms with Crippen molar-refractivity contribution in [3.63, 3.8) is 0 Å². The lowest BCUT2D eigenvalue weighted by molar-refractivity contribution is -0.962. The van der Waals surface area contributed by atoms with Gasteiger partial charge in [0, 0.05) is 19.3 Å². The fourth-order valence-corrected chi connectivity index (χ4v) is 8.78. The zero-order chi connectivity index (χ0) is 19.5. The normalized spacial score (nSPS) is 36.0. The predicted molar refractivity (Wildman–Crippen MR) is 108 cm³/mol. The SMILES string of the molecule is COc1cc(C)ccc1S(=O)(=O)N1CC[NH+](C23CC4CC(CC(C4)C2)C3)CC1. The maximum absolute atomic E-state index is 13.3. The van der Waals surface area contributed by atoms with Gasteiger partial charge in [0.25, 0.3) is 0 Å². The van der Waals surface area contributed by atoms with Crippen molar-refractivity contribution in [3.8, 4) is 5.75 Å². The highest BCUT2D eigenvalue weighted by Crippen LogP contribution is 2.54. The van der Waals surface area contributed by atoms with Gasteiger partial charge in [0.05, 0.1) is 38.8 Å². The number of hydrogen-bond acceptors (Lipinski definition) is 3. The number of piperazine rings is 1. The first-order valence-electron chi connectivity index (χ1n) is 10.9. The van der Waals surface area contributed by atoms with Gasteiger partial charge in [-0.2, -0.15) is 4.31 Å². The van der Waals surface area contributed by atoms with Gasteiger partial charge in [0.2, 0.25) is 10.0 Å². The third-order valence-electron chi connectivity index (χ3n) is 8.05. The molecule has 0 aromatic heterocycles. The molecule has 28 heavy (non-hydrogen) atoms. The molecule has 1 aliphatic heterocycles. The van der Waals surface area contributed by atoms with Crippen LogP contribution in [0, 0.1) is 24.7 Å². The summed E-state index contributed by atoms with van der Waals surface area (Å²) in [6, 6.07) is 5.36. The summed E-state index contributed by atoms with van der Waals surface area (Å²) in [4.78, 5) is 1.99. The standard InChI is InChI=1S/C22H32N2O3S/c1-16-3-4-21(20(9-16)27-2)28(25,26)24-7-5-23(6-8-24)22-13-17-10-18(14-22)12-19(11-17)15-22/h3-4,9,17-19H,5-8,10-15H2,1-2H3/p+1. The van der Waals surface area contributed by atoms with Crippen LogP contribution in [0.25, 0.3) is 0 Å². The third-order valence-corrected chi connectivity index (χ3v) is 9.99. The average molecular weight is 406 g/mol. The molecule has 1 N–H and O–H groups in total. The molecule has 0 radical (unpaired) electrons. The molecule has 0 spiro atoms. The van der Waals surface area contributed by atoms with E-state index in [1.807, 2.05) is 19.1 Å². The second-order valence-corrected chi connectivity index (χ2v) is 11.8. The van der Waals surface area contributed by atoms with E-state index < -0.39 is 10.0 Å². The van der Waals surface area contributed by atoms with Crippen molar-refractivity contribution in [2.45, 2.75) is 55.9 Å². The molecule has 1 aromatic rings. The number of hydrogen-bond donors (Lipinski definition) is 1. The Bertz CT molecular complexity index is 823. The van der Waals surface area contributed by atoms with Crippen LogP contribution in [0.3, 0.4) is 0 Å². The zero-order valence-corrected chi connectivity index (χ0v) is 17.9. The number of nitrogens with zero attached hydrogens (tertiary/aromatic N) is 1. The van der Waals surface area contributed by atoms with Crippen LogP contribution in [0.5, 0.6) is 5.75 Å². The minimum atomic E-state index is -3.51. The molecule has 1 aromatic carbocycles. The summed E-state index contributed by atoms with van der Waals surface area (Å²) in [6.45, 7) is 5.08. The van der Waals surface area contributed by atoms with E-state index >= 15 is 0 Å². The van der Waals surface area contributed by atoms with E-state index in [9.17, 15) is 8.42 Å². The van der Waals surface area contributed by atoms with Gasteiger partial charge in [-0.15, -0.1) is 0 Å². The van der Waals surface area contributed by atoms with Gasteiger partial charge in [-0.3, -0.25) is 0 Å².